The van der Waals surface area contributed by atoms with Crippen molar-refractivity contribution in [3.05, 3.63) is 193 Å². The first-order valence-electron chi connectivity index (χ1n) is 22.5. The average Bonchev–Trinajstić information content (AvgIpc) is 3.32. The summed E-state index contributed by atoms with van der Waals surface area (Å²) in [6, 6.07) is 68.2. The third-order valence-electron chi connectivity index (χ3n) is 13.8. The van der Waals surface area contributed by atoms with E-state index >= 15 is 0 Å². The molecule has 2 saturated carbocycles. The van der Waals surface area contributed by atoms with E-state index in [1.807, 2.05) is 0 Å². The lowest BCUT2D eigenvalue weighted by Gasteiger charge is -2.32. The molecule has 11 rings (SSSR count). The zero-order valence-corrected chi connectivity index (χ0v) is 34.4. The molecule has 0 N–H and O–H groups in total. The molecule has 0 aliphatic heterocycles. The summed E-state index contributed by atoms with van der Waals surface area (Å²) in [5, 5.41) is 10.9. The Kier molecular flexibility index (Phi) is 9.78. The Morgan fingerprint density at radius 1 is 0.283 bits per heavy atom. The van der Waals surface area contributed by atoms with E-state index in [4.69, 9.17) is 0 Å². The first-order valence-corrected chi connectivity index (χ1v) is 22.5. The smallest absolute Gasteiger partial charge is 0.0540 e. The van der Waals surface area contributed by atoms with Gasteiger partial charge in [-0.1, -0.05) is 160 Å². The van der Waals surface area contributed by atoms with Crippen LogP contribution in [0.25, 0.3) is 43.1 Å². The Bertz CT molecular complexity index is 2740. The zero-order valence-electron chi connectivity index (χ0n) is 34.4. The predicted octanol–water partition coefficient (Wildman–Crippen LogP) is 17.3. The van der Waals surface area contributed by atoms with Gasteiger partial charge in [-0.15, -0.1) is 0 Å². The van der Waals surface area contributed by atoms with Crippen LogP contribution < -0.4 is 9.80 Å². The summed E-state index contributed by atoms with van der Waals surface area (Å²) in [4.78, 5) is 5.00. The standard InChI is InChI=1S/C58H52N2/c1-5-21-43(22-6-1)57-51-37-35-48(60(46-29-11-4-12-30-46)56-34-18-26-42-20-14-16-32-50(42)56)40-54(51)58(44-23-7-2-8-24-44)52-38-36-47(39-53(52)57)59(45-27-9-3-10-28-45)55-33-17-25-41-19-13-15-31-49(41)55/h3-4,9-20,25-40,43-44H,1-2,5-8,21-24H2. The quantitative estimate of drug-likeness (QED) is 0.142. The summed E-state index contributed by atoms with van der Waals surface area (Å²) >= 11 is 0. The molecule has 2 nitrogen and oxygen atoms in total. The number of hydrogen-bond donors (Lipinski definition) is 0. The molecule has 0 heterocycles. The maximum Gasteiger partial charge on any atom is 0.0540 e. The Morgan fingerprint density at radius 2 is 0.667 bits per heavy atom. The molecule has 9 aromatic rings. The minimum Gasteiger partial charge on any atom is -0.310 e. The second-order valence-electron chi connectivity index (χ2n) is 17.3. The van der Waals surface area contributed by atoms with Gasteiger partial charge >= 0.3 is 0 Å². The normalized spacial score (nSPS) is 15.2. The van der Waals surface area contributed by atoms with Gasteiger partial charge in [0.05, 0.1) is 11.4 Å². The second-order valence-corrected chi connectivity index (χ2v) is 17.3. The van der Waals surface area contributed by atoms with E-state index in [9.17, 15) is 0 Å². The molecule has 9 aromatic carbocycles. The van der Waals surface area contributed by atoms with Crippen LogP contribution in [0.2, 0.25) is 0 Å². The van der Waals surface area contributed by atoms with Crippen molar-refractivity contribution in [2.24, 2.45) is 0 Å². The third kappa shape index (κ3) is 6.59. The van der Waals surface area contributed by atoms with Gasteiger partial charge in [0.15, 0.2) is 0 Å². The highest BCUT2D eigenvalue weighted by Gasteiger charge is 2.29. The minimum atomic E-state index is 0.524. The van der Waals surface area contributed by atoms with E-state index in [1.165, 1.54) is 141 Å². The summed E-state index contributed by atoms with van der Waals surface area (Å²) in [5.41, 5.74) is 10.4. The molecule has 2 aliphatic rings. The van der Waals surface area contributed by atoms with Crippen LogP contribution in [-0.2, 0) is 0 Å². The van der Waals surface area contributed by atoms with Crippen molar-refractivity contribution in [1.29, 1.82) is 0 Å². The molecular formula is C58H52N2. The van der Waals surface area contributed by atoms with Crippen molar-refractivity contribution in [3.8, 4) is 0 Å². The van der Waals surface area contributed by atoms with Crippen molar-refractivity contribution >= 4 is 77.2 Å². The molecule has 0 atom stereocenters. The number of para-hydroxylation sites is 2. The molecule has 0 saturated heterocycles. The van der Waals surface area contributed by atoms with Crippen LogP contribution in [0.15, 0.2) is 182 Å². The number of anilines is 6. The molecule has 294 valence electrons. The van der Waals surface area contributed by atoms with Crippen LogP contribution in [0.5, 0.6) is 0 Å². The van der Waals surface area contributed by atoms with Gasteiger partial charge in [-0.25, -0.2) is 0 Å². The maximum atomic E-state index is 2.58. The summed E-state index contributed by atoms with van der Waals surface area (Å²) < 4.78 is 0. The fourth-order valence-electron chi connectivity index (χ4n) is 11.0. The monoisotopic (exact) mass is 776 g/mol. The van der Waals surface area contributed by atoms with Crippen molar-refractivity contribution in [1.82, 2.24) is 0 Å². The molecule has 0 amide bonds. The Labute approximate surface area is 354 Å². The van der Waals surface area contributed by atoms with E-state index < -0.39 is 0 Å². The lowest BCUT2D eigenvalue weighted by atomic mass is 9.74. The van der Waals surface area contributed by atoms with Crippen molar-refractivity contribution in [3.63, 3.8) is 0 Å². The van der Waals surface area contributed by atoms with Crippen LogP contribution in [0.3, 0.4) is 0 Å². The summed E-state index contributed by atoms with van der Waals surface area (Å²) in [5.74, 6) is 1.05. The number of benzene rings is 9. The predicted molar refractivity (Wildman–Crippen MR) is 257 cm³/mol. The Morgan fingerprint density at radius 3 is 1.10 bits per heavy atom. The lowest BCUT2D eigenvalue weighted by molar-refractivity contribution is 0.445. The second kappa shape index (κ2) is 16.0. The molecule has 0 bridgehead atoms. The summed E-state index contributed by atoms with van der Waals surface area (Å²) in [6.45, 7) is 0. The van der Waals surface area contributed by atoms with Gasteiger partial charge in [0, 0.05) is 33.5 Å². The molecule has 0 spiro atoms. The first kappa shape index (κ1) is 36.7. The van der Waals surface area contributed by atoms with E-state index in [-0.39, 0.29) is 0 Å². The van der Waals surface area contributed by atoms with Gasteiger partial charge in [-0.05, 0) is 142 Å². The largest absolute Gasteiger partial charge is 0.310 e. The van der Waals surface area contributed by atoms with Crippen molar-refractivity contribution in [2.75, 3.05) is 9.80 Å². The molecule has 0 unspecified atom stereocenters. The maximum absolute atomic E-state index is 2.58. The third-order valence-corrected chi connectivity index (χ3v) is 13.8. The van der Waals surface area contributed by atoms with Gasteiger partial charge in [0.1, 0.15) is 0 Å². The average molecular weight is 777 g/mol. The summed E-state index contributed by atoms with van der Waals surface area (Å²) in [7, 11) is 0. The van der Waals surface area contributed by atoms with E-state index in [0.717, 1.165) is 0 Å². The number of rotatable bonds is 8. The van der Waals surface area contributed by atoms with Gasteiger partial charge < -0.3 is 9.80 Å². The van der Waals surface area contributed by atoms with Crippen molar-refractivity contribution in [2.45, 2.75) is 76.0 Å². The van der Waals surface area contributed by atoms with Crippen LogP contribution in [0, 0.1) is 0 Å². The highest BCUT2D eigenvalue weighted by Crippen LogP contribution is 2.51. The van der Waals surface area contributed by atoms with Gasteiger partial charge in [-0.2, -0.15) is 0 Å². The van der Waals surface area contributed by atoms with Crippen LogP contribution >= 0.6 is 0 Å². The highest BCUT2D eigenvalue weighted by molar-refractivity contribution is 6.10. The molecule has 2 heteroatoms. The molecule has 60 heavy (non-hydrogen) atoms. The van der Waals surface area contributed by atoms with Crippen LogP contribution in [0.1, 0.15) is 87.2 Å². The highest BCUT2D eigenvalue weighted by atomic mass is 15.1. The van der Waals surface area contributed by atoms with Gasteiger partial charge in [0.2, 0.25) is 0 Å². The molecule has 0 radical (unpaired) electrons. The topological polar surface area (TPSA) is 6.48 Å². The number of fused-ring (bicyclic) bond motifs is 4. The Hall–Kier alpha value is -6.38. The summed E-state index contributed by atoms with van der Waals surface area (Å²) in [6.07, 6.45) is 12.8. The minimum absolute atomic E-state index is 0.524. The molecular weight excluding hydrogens is 725 g/mol. The van der Waals surface area contributed by atoms with Crippen molar-refractivity contribution < 1.29 is 0 Å². The van der Waals surface area contributed by atoms with E-state index in [0.29, 0.717) is 11.8 Å². The zero-order chi connectivity index (χ0) is 39.8. The Balaban J connectivity index is 1.19. The van der Waals surface area contributed by atoms with Crippen LogP contribution in [0.4, 0.5) is 34.1 Å². The molecule has 2 aliphatic carbocycles. The fraction of sp³-hybridized carbons (Fsp3) is 0.207. The van der Waals surface area contributed by atoms with E-state index in [1.54, 1.807) is 11.1 Å². The van der Waals surface area contributed by atoms with Gasteiger partial charge in [0.25, 0.3) is 0 Å². The van der Waals surface area contributed by atoms with E-state index in [2.05, 4.69) is 192 Å². The molecule has 2 fully saturated rings. The fourth-order valence-corrected chi connectivity index (χ4v) is 11.0. The number of nitrogens with zero attached hydrogens (tertiary/aromatic N) is 2. The van der Waals surface area contributed by atoms with Crippen LogP contribution in [-0.4, -0.2) is 0 Å². The first-order chi connectivity index (χ1) is 29.8. The SMILES string of the molecule is c1ccc(N(c2ccc3c(C4CCCCC4)c4cc(N(c5ccccc5)c5cccc6ccccc56)ccc4c(C4CCCCC4)c3c2)c2cccc3ccccc23)cc1. The lowest BCUT2D eigenvalue weighted by Crippen LogP contribution is -2.13. The molecule has 0 aromatic heterocycles. The van der Waals surface area contributed by atoms with Gasteiger partial charge in [-0.3, -0.25) is 0 Å². The number of hydrogen-bond acceptors (Lipinski definition) is 2.